The SMILES string of the molecule is Cc1ccc2c(c1)nc(-c1ccncc1O)n2C(C)C. The smallest absolute Gasteiger partial charge is 0.145 e. The summed E-state index contributed by atoms with van der Waals surface area (Å²) in [4.78, 5) is 8.63. The van der Waals surface area contributed by atoms with E-state index in [9.17, 15) is 5.11 Å². The van der Waals surface area contributed by atoms with Crippen LogP contribution in [-0.2, 0) is 0 Å². The zero-order chi connectivity index (χ0) is 14.3. The van der Waals surface area contributed by atoms with Crippen molar-refractivity contribution in [2.75, 3.05) is 0 Å². The molecule has 102 valence electrons. The van der Waals surface area contributed by atoms with Crippen LogP contribution in [-0.4, -0.2) is 19.6 Å². The third-order valence-corrected chi connectivity index (χ3v) is 3.40. The number of aromatic nitrogens is 3. The average molecular weight is 267 g/mol. The number of pyridine rings is 1. The minimum Gasteiger partial charge on any atom is -0.506 e. The van der Waals surface area contributed by atoms with Gasteiger partial charge in [-0.25, -0.2) is 4.98 Å². The van der Waals surface area contributed by atoms with E-state index in [4.69, 9.17) is 4.98 Å². The van der Waals surface area contributed by atoms with E-state index >= 15 is 0 Å². The van der Waals surface area contributed by atoms with Gasteiger partial charge >= 0.3 is 0 Å². The largest absolute Gasteiger partial charge is 0.506 e. The number of nitrogens with zero attached hydrogens (tertiary/aromatic N) is 3. The lowest BCUT2D eigenvalue weighted by atomic mass is 10.2. The molecule has 0 saturated carbocycles. The monoisotopic (exact) mass is 267 g/mol. The summed E-state index contributed by atoms with van der Waals surface area (Å²) < 4.78 is 2.14. The van der Waals surface area contributed by atoms with Gasteiger partial charge in [-0.1, -0.05) is 6.07 Å². The molecule has 0 fully saturated rings. The Balaban J connectivity index is 2.35. The number of fused-ring (bicyclic) bond motifs is 1. The van der Waals surface area contributed by atoms with E-state index in [-0.39, 0.29) is 11.8 Å². The first-order valence-corrected chi connectivity index (χ1v) is 6.70. The lowest BCUT2D eigenvalue weighted by Gasteiger charge is -2.13. The fourth-order valence-corrected chi connectivity index (χ4v) is 2.50. The number of aromatic hydroxyl groups is 1. The minimum atomic E-state index is 0.154. The lowest BCUT2D eigenvalue weighted by molar-refractivity contribution is 0.473. The predicted molar refractivity (Wildman–Crippen MR) is 79.8 cm³/mol. The molecule has 0 atom stereocenters. The van der Waals surface area contributed by atoms with Crippen LogP contribution in [0.4, 0.5) is 0 Å². The van der Waals surface area contributed by atoms with E-state index in [0.29, 0.717) is 5.56 Å². The molecule has 0 bridgehead atoms. The van der Waals surface area contributed by atoms with Crippen molar-refractivity contribution in [3.8, 4) is 17.1 Å². The molecular weight excluding hydrogens is 250 g/mol. The van der Waals surface area contributed by atoms with Crippen LogP contribution in [0.25, 0.3) is 22.4 Å². The molecule has 0 unspecified atom stereocenters. The van der Waals surface area contributed by atoms with Crippen LogP contribution in [0.15, 0.2) is 36.7 Å². The van der Waals surface area contributed by atoms with Gasteiger partial charge in [-0.15, -0.1) is 0 Å². The first-order chi connectivity index (χ1) is 9.58. The summed E-state index contributed by atoms with van der Waals surface area (Å²) in [7, 11) is 0. The van der Waals surface area contributed by atoms with Crippen molar-refractivity contribution < 1.29 is 5.11 Å². The zero-order valence-corrected chi connectivity index (χ0v) is 11.8. The highest BCUT2D eigenvalue weighted by Crippen LogP contribution is 2.32. The molecule has 2 heterocycles. The third-order valence-electron chi connectivity index (χ3n) is 3.40. The second-order valence-electron chi connectivity index (χ2n) is 5.28. The van der Waals surface area contributed by atoms with Crippen molar-refractivity contribution in [1.29, 1.82) is 0 Å². The van der Waals surface area contributed by atoms with E-state index < -0.39 is 0 Å². The molecule has 0 amide bonds. The molecule has 0 aliphatic carbocycles. The Morgan fingerprint density at radius 2 is 2.00 bits per heavy atom. The number of rotatable bonds is 2. The average Bonchev–Trinajstić information content (AvgIpc) is 2.77. The van der Waals surface area contributed by atoms with Gasteiger partial charge in [0.05, 0.1) is 22.8 Å². The predicted octanol–water partition coefficient (Wildman–Crippen LogP) is 3.69. The van der Waals surface area contributed by atoms with Gasteiger partial charge in [0.2, 0.25) is 0 Å². The van der Waals surface area contributed by atoms with Crippen molar-refractivity contribution in [2.24, 2.45) is 0 Å². The van der Waals surface area contributed by atoms with E-state index in [2.05, 4.69) is 48.5 Å². The van der Waals surface area contributed by atoms with Crippen molar-refractivity contribution in [1.82, 2.24) is 14.5 Å². The molecule has 0 aliphatic rings. The van der Waals surface area contributed by atoms with Gasteiger partial charge < -0.3 is 9.67 Å². The van der Waals surface area contributed by atoms with Crippen LogP contribution in [0.1, 0.15) is 25.5 Å². The van der Waals surface area contributed by atoms with Crippen molar-refractivity contribution in [3.63, 3.8) is 0 Å². The summed E-state index contributed by atoms with van der Waals surface area (Å²) in [5, 5.41) is 10.0. The van der Waals surface area contributed by atoms with Gasteiger partial charge in [0.25, 0.3) is 0 Å². The summed E-state index contributed by atoms with van der Waals surface area (Å²) >= 11 is 0. The Hall–Kier alpha value is -2.36. The van der Waals surface area contributed by atoms with Crippen LogP contribution in [0, 0.1) is 6.92 Å². The molecule has 20 heavy (non-hydrogen) atoms. The quantitative estimate of drug-likeness (QED) is 0.770. The number of imidazole rings is 1. The van der Waals surface area contributed by atoms with E-state index in [0.717, 1.165) is 16.9 Å². The van der Waals surface area contributed by atoms with Crippen molar-refractivity contribution in [2.45, 2.75) is 26.8 Å². The van der Waals surface area contributed by atoms with Gasteiger partial charge in [0.15, 0.2) is 0 Å². The maximum absolute atomic E-state index is 10.0. The molecular formula is C16H17N3O. The molecule has 3 aromatic rings. The highest BCUT2D eigenvalue weighted by Gasteiger charge is 2.17. The maximum atomic E-state index is 10.0. The van der Waals surface area contributed by atoms with E-state index in [1.807, 2.05) is 0 Å². The third kappa shape index (κ3) is 1.93. The van der Waals surface area contributed by atoms with Crippen LogP contribution in [0.3, 0.4) is 0 Å². The van der Waals surface area contributed by atoms with Gasteiger partial charge in [-0.3, -0.25) is 4.98 Å². The minimum absolute atomic E-state index is 0.154. The number of benzene rings is 1. The maximum Gasteiger partial charge on any atom is 0.145 e. The molecule has 0 saturated heterocycles. The Bertz CT molecular complexity index is 774. The van der Waals surface area contributed by atoms with Crippen LogP contribution >= 0.6 is 0 Å². The molecule has 0 spiro atoms. The number of hydrogen-bond donors (Lipinski definition) is 1. The van der Waals surface area contributed by atoms with Crippen molar-refractivity contribution in [3.05, 3.63) is 42.2 Å². The van der Waals surface area contributed by atoms with Crippen molar-refractivity contribution >= 4 is 11.0 Å². The fraction of sp³-hybridized carbons (Fsp3) is 0.250. The Morgan fingerprint density at radius 1 is 1.20 bits per heavy atom. The first-order valence-electron chi connectivity index (χ1n) is 6.70. The van der Waals surface area contributed by atoms with Crippen LogP contribution in [0.5, 0.6) is 5.75 Å². The van der Waals surface area contributed by atoms with Crippen LogP contribution < -0.4 is 0 Å². The summed E-state index contributed by atoms with van der Waals surface area (Å²) in [5.74, 6) is 0.932. The highest BCUT2D eigenvalue weighted by atomic mass is 16.3. The van der Waals surface area contributed by atoms with E-state index in [1.54, 1.807) is 12.3 Å². The summed E-state index contributed by atoms with van der Waals surface area (Å²) in [6, 6.07) is 8.28. The molecule has 1 N–H and O–H groups in total. The Morgan fingerprint density at radius 3 is 2.70 bits per heavy atom. The number of aryl methyl sites for hydroxylation is 1. The molecule has 2 aromatic heterocycles. The standard InChI is InChI=1S/C16H17N3O/c1-10(2)19-14-5-4-11(3)8-13(14)18-16(19)12-6-7-17-9-15(12)20/h4-10,20H,1-3H3. The molecule has 4 heteroatoms. The number of hydrogen-bond acceptors (Lipinski definition) is 3. The molecule has 0 aliphatic heterocycles. The first kappa shape index (κ1) is 12.7. The zero-order valence-electron chi connectivity index (χ0n) is 11.8. The second-order valence-corrected chi connectivity index (χ2v) is 5.28. The summed E-state index contributed by atoms with van der Waals surface area (Å²) in [5.41, 5.74) is 3.92. The van der Waals surface area contributed by atoms with E-state index in [1.165, 1.54) is 11.8 Å². The Kier molecular flexibility index (Phi) is 2.93. The molecule has 0 radical (unpaired) electrons. The molecule has 4 nitrogen and oxygen atoms in total. The van der Waals surface area contributed by atoms with Gasteiger partial charge in [-0.2, -0.15) is 0 Å². The second kappa shape index (κ2) is 4.63. The van der Waals surface area contributed by atoms with Gasteiger partial charge in [0.1, 0.15) is 11.6 Å². The van der Waals surface area contributed by atoms with Crippen LogP contribution in [0.2, 0.25) is 0 Å². The Labute approximate surface area is 117 Å². The summed E-state index contributed by atoms with van der Waals surface area (Å²) in [6.45, 7) is 6.28. The topological polar surface area (TPSA) is 50.9 Å². The summed E-state index contributed by atoms with van der Waals surface area (Å²) in [6.07, 6.45) is 3.12. The normalized spacial score (nSPS) is 11.4. The van der Waals surface area contributed by atoms with Gasteiger partial charge in [-0.05, 0) is 44.5 Å². The molecule has 3 rings (SSSR count). The molecule has 1 aromatic carbocycles. The lowest BCUT2D eigenvalue weighted by Crippen LogP contribution is -2.03. The fourth-order valence-electron chi connectivity index (χ4n) is 2.50. The highest BCUT2D eigenvalue weighted by molar-refractivity contribution is 5.82. The van der Waals surface area contributed by atoms with Gasteiger partial charge in [0, 0.05) is 12.2 Å².